The van der Waals surface area contributed by atoms with Crippen molar-refractivity contribution in [1.82, 2.24) is 29.3 Å². The Morgan fingerprint density at radius 3 is 2.61 bits per heavy atom. The van der Waals surface area contributed by atoms with E-state index in [9.17, 15) is 0 Å². The van der Waals surface area contributed by atoms with Crippen LogP contribution in [0.2, 0.25) is 30.7 Å². The zero-order chi connectivity index (χ0) is 29.4. The highest BCUT2D eigenvalue weighted by molar-refractivity contribution is 6.76. The number of hydrogen-bond donors (Lipinski definition) is 0. The molecule has 0 saturated heterocycles. The number of ether oxygens (including phenoxy) is 2. The Morgan fingerprint density at radius 2 is 1.85 bits per heavy atom. The van der Waals surface area contributed by atoms with Gasteiger partial charge in [0.05, 0.1) is 34.6 Å². The highest BCUT2D eigenvalue weighted by Gasteiger charge is 2.24. The van der Waals surface area contributed by atoms with Gasteiger partial charge in [-0.15, -0.1) is 0 Å². The number of imidazole rings is 1. The maximum atomic E-state index is 7.37. The Balaban J connectivity index is 1.39. The second kappa shape index (κ2) is 11.2. The molecule has 0 saturated carbocycles. The van der Waals surface area contributed by atoms with Gasteiger partial charge in [-0.25, -0.2) is 16.5 Å². The van der Waals surface area contributed by atoms with Gasteiger partial charge in [0.1, 0.15) is 41.1 Å². The van der Waals surface area contributed by atoms with Crippen molar-refractivity contribution in [2.24, 2.45) is 0 Å². The molecule has 0 radical (unpaired) electrons. The normalized spacial score (nSPS) is 12.2. The average Bonchev–Trinajstić information content (AvgIpc) is 3.50. The van der Waals surface area contributed by atoms with Crippen LogP contribution in [-0.2, 0) is 18.0 Å². The molecule has 0 aliphatic rings. The molecule has 11 heteroatoms. The molecule has 3 heterocycles. The van der Waals surface area contributed by atoms with E-state index in [4.69, 9.17) is 32.6 Å². The molecule has 5 rings (SSSR count). The molecular formula is C30H34ClN7O2Si. The summed E-state index contributed by atoms with van der Waals surface area (Å²) in [5, 5.41) is 4.78. The Bertz CT molecular complexity index is 1760. The first kappa shape index (κ1) is 28.7. The third kappa shape index (κ3) is 6.59. The van der Waals surface area contributed by atoms with Gasteiger partial charge in [0.15, 0.2) is 0 Å². The summed E-state index contributed by atoms with van der Waals surface area (Å²) in [5.74, 6) is 2.00. The van der Waals surface area contributed by atoms with Crippen LogP contribution in [0, 0.1) is 13.5 Å². The summed E-state index contributed by atoms with van der Waals surface area (Å²) in [4.78, 5) is 17.7. The van der Waals surface area contributed by atoms with Crippen LogP contribution in [0.1, 0.15) is 19.7 Å². The minimum Gasteiger partial charge on any atom is -0.456 e. The molecule has 0 aliphatic carbocycles. The largest absolute Gasteiger partial charge is 0.456 e. The van der Waals surface area contributed by atoms with Crippen molar-refractivity contribution >= 4 is 41.7 Å². The summed E-state index contributed by atoms with van der Waals surface area (Å²) in [7, 11) is -1.16. The van der Waals surface area contributed by atoms with Crippen LogP contribution in [0.15, 0.2) is 48.9 Å². The number of rotatable bonds is 10. The van der Waals surface area contributed by atoms with Gasteiger partial charge in [0, 0.05) is 46.4 Å². The van der Waals surface area contributed by atoms with Crippen LogP contribution >= 0.6 is 11.6 Å². The summed E-state index contributed by atoms with van der Waals surface area (Å²) in [5.41, 5.74) is 3.89. The van der Waals surface area contributed by atoms with Gasteiger partial charge in [0.25, 0.3) is 0 Å². The lowest BCUT2D eigenvalue weighted by molar-refractivity contribution is 0.0885. The van der Waals surface area contributed by atoms with Gasteiger partial charge >= 0.3 is 0 Å². The molecule has 0 atom stereocenters. The second-order valence-electron chi connectivity index (χ2n) is 12.0. The Morgan fingerprint density at radius 1 is 1.07 bits per heavy atom. The first-order chi connectivity index (χ1) is 19.4. The van der Waals surface area contributed by atoms with Crippen molar-refractivity contribution in [3.63, 3.8) is 0 Å². The molecular weight excluding hydrogens is 554 g/mol. The zero-order valence-electron chi connectivity index (χ0n) is 24.3. The lowest BCUT2D eigenvalue weighted by Gasteiger charge is -2.16. The minimum absolute atomic E-state index is 0.373. The second-order valence-corrected chi connectivity index (χ2v) is 18.0. The van der Waals surface area contributed by atoms with E-state index >= 15 is 0 Å². The molecule has 212 valence electrons. The molecule has 2 aromatic carbocycles. The van der Waals surface area contributed by atoms with E-state index in [1.807, 2.05) is 51.2 Å². The number of halogens is 1. The quantitative estimate of drug-likeness (QED) is 0.0949. The Kier molecular flexibility index (Phi) is 7.88. The SMILES string of the molecule is [C-]#[N+]C(C)(C)Cn1cc(-c2cnc3ccc(Oc4ccc5nc(C)n(COCC[Si](C)(C)C)c5c4)c(Cl)c3n2)cn1. The number of aryl methyl sites for hydroxylation is 1. The smallest absolute Gasteiger partial charge is 0.246 e. The summed E-state index contributed by atoms with van der Waals surface area (Å²) in [6, 6.07) is 10.5. The molecule has 3 aromatic heterocycles. The highest BCUT2D eigenvalue weighted by Crippen LogP contribution is 2.36. The number of benzene rings is 2. The lowest BCUT2D eigenvalue weighted by Crippen LogP contribution is -2.22. The lowest BCUT2D eigenvalue weighted by atomic mass is 10.1. The standard InChI is InChI=1S/C30H34ClN7O2Si/c1-20-35-23-9-8-22(14-26(23)38(20)19-39-12-13-41(5,6)7)40-27-11-10-24-29(28(27)31)36-25(16-33-24)21-15-34-37(17-21)18-30(2,3)32-4/h8-11,14-17H,12-13,18-19H2,1-3,5-7H3. The fourth-order valence-electron chi connectivity index (χ4n) is 4.37. The Labute approximate surface area is 245 Å². The molecule has 0 amide bonds. The van der Waals surface area contributed by atoms with E-state index in [0.29, 0.717) is 46.5 Å². The summed E-state index contributed by atoms with van der Waals surface area (Å²) in [6.07, 6.45) is 5.29. The topological polar surface area (TPSA) is 84.2 Å². The van der Waals surface area contributed by atoms with E-state index in [1.54, 1.807) is 23.1 Å². The average molecular weight is 588 g/mol. The van der Waals surface area contributed by atoms with E-state index in [-0.39, 0.29) is 0 Å². The Hall–Kier alpha value is -3.78. The maximum Gasteiger partial charge on any atom is 0.246 e. The van der Waals surface area contributed by atoms with Gasteiger partial charge in [-0.3, -0.25) is 9.67 Å². The van der Waals surface area contributed by atoms with Crippen molar-refractivity contribution in [3.05, 3.63) is 71.2 Å². The molecule has 0 bridgehead atoms. The molecule has 0 N–H and O–H groups in total. The van der Waals surface area contributed by atoms with E-state index in [0.717, 1.165) is 35.1 Å². The van der Waals surface area contributed by atoms with E-state index in [2.05, 4.69) is 44.1 Å². The van der Waals surface area contributed by atoms with Crippen LogP contribution in [0.25, 0.3) is 38.2 Å². The highest BCUT2D eigenvalue weighted by atomic mass is 35.5. The number of hydrogen-bond acceptors (Lipinski definition) is 6. The molecule has 0 unspecified atom stereocenters. The number of nitrogens with zero attached hydrogens (tertiary/aromatic N) is 7. The van der Waals surface area contributed by atoms with Crippen LogP contribution in [0.3, 0.4) is 0 Å². The van der Waals surface area contributed by atoms with E-state index in [1.165, 1.54) is 0 Å². The molecule has 0 spiro atoms. The minimum atomic E-state index is -1.16. The van der Waals surface area contributed by atoms with Crippen molar-refractivity contribution < 1.29 is 9.47 Å². The molecule has 0 fully saturated rings. The predicted octanol–water partition coefficient (Wildman–Crippen LogP) is 7.61. The third-order valence-electron chi connectivity index (χ3n) is 6.75. The fourth-order valence-corrected chi connectivity index (χ4v) is 5.37. The summed E-state index contributed by atoms with van der Waals surface area (Å²) in [6.45, 7) is 21.8. The molecule has 9 nitrogen and oxygen atoms in total. The van der Waals surface area contributed by atoms with E-state index < -0.39 is 13.6 Å². The van der Waals surface area contributed by atoms with Gasteiger partial charge in [-0.2, -0.15) is 5.10 Å². The van der Waals surface area contributed by atoms with Crippen molar-refractivity contribution in [2.45, 2.75) is 65.3 Å². The van der Waals surface area contributed by atoms with Gasteiger partial charge in [-0.05, 0) is 37.2 Å². The van der Waals surface area contributed by atoms with Gasteiger partial charge in [-0.1, -0.05) is 31.2 Å². The first-order valence-corrected chi connectivity index (χ1v) is 17.6. The van der Waals surface area contributed by atoms with Crippen LogP contribution < -0.4 is 4.74 Å². The first-order valence-electron chi connectivity index (χ1n) is 13.5. The summed E-state index contributed by atoms with van der Waals surface area (Å²) >= 11 is 6.82. The van der Waals surface area contributed by atoms with Gasteiger partial charge in [0.2, 0.25) is 5.54 Å². The summed E-state index contributed by atoms with van der Waals surface area (Å²) < 4.78 is 16.1. The molecule has 41 heavy (non-hydrogen) atoms. The maximum absolute atomic E-state index is 7.37. The van der Waals surface area contributed by atoms with Gasteiger partial charge < -0.3 is 18.9 Å². The van der Waals surface area contributed by atoms with Crippen molar-refractivity contribution in [2.75, 3.05) is 6.61 Å². The third-order valence-corrected chi connectivity index (χ3v) is 8.82. The monoisotopic (exact) mass is 587 g/mol. The molecule has 5 aromatic rings. The van der Waals surface area contributed by atoms with Crippen LogP contribution in [0.5, 0.6) is 11.5 Å². The van der Waals surface area contributed by atoms with Crippen molar-refractivity contribution in [1.29, 1.82) is 0 Å². The van der Waals surface area contributed by atoms with Crippen LogP contribution in [-0.4, -0.2) is 49.5 Å². The molecule has 0 aliphatic heterocycles. The predicted molar refractivity (Wildman–Crippen MR) is 165 cm³/mol. The van der Waals surface area contributed by atoms with Crippen molar-refractivity contribution in [3.8, 4) is 22.8 Å². The fraction of sp³-hybridized carbons (Fsp3) is 0.367. The zero-order valence-corrected chi connectivity index (χ0v) is 26.0. The number of aromatic nitrogens is 6. The number of fused-ring (bicyclic) bond motifs is 2. The van der Waals surface area contributed by atoms with Crippen LogP contribution in [0.4, 0.5) is 0 Å².